The molecule has 0 amide bonds. The second kappa shape index (κ2) is 4.45. The van der Waals surface area contributed by atoms with Gasteiger partial charge in [-0.3, -0.25) is 0 Å². The molecule has 0 aliphatic heterocycles. The van der Waals surface area contributed by atoms with Gasteiger partial charge in [0.1, 0.15) is 0 Å². The first-order chi connectivity index (χ1) is 9.58. The van der Waals surface area contributed by atoms with E-state index in [9.17, 15) is 4.79 Å². The van der Waals surface area contributed by atoms with Crippen LogP contribution in [-0.4, -0.2) is 25.7 Å². The minimum absolute atomic E-state index is 0.0190. The molecule has 3 aromatic rings. The van der Waals surface area contributed by atoms with Crippen molar-refractivity contribution in [2.45, 2.75) is 13.8 Å². The summed E-state index contributed by atoms with van der Waals surface area (Å²) < 4.78 is 1.59. The van der Waals surface area contributed by atoms with Crippen molar-refractivity contribution in [1.29, 1.82) is 0 Å². The fourth-order valence-corrected chi connectivity index (χ4v) is 2.40. The number of carbonyl (C=O) groups is 1. The molecule has 0 saturated carbocycles. The number of carboxylic acids is 1. The van der Waals surface area contributed by atoms with Crippen LogP contribution in [0.3, 0.4) is 0 Å². The molecule has 5 nitrogen and oxygen atoms in total. The molecule has 1 aromatic carbocycles. The van der Waals surface area contributed by atoms with Crippen LogP contribution in [0.15, 0.2) is 36.7 Å². The van der Waals surface area contributed by atoms with Crippen LogP contribution < -0.4 is 0 Å². The molecule has 0 atom stereocenters. The highest BCUT2D eigenvalue weighted by Gasteiger charge is 2.14. The van der Waals surface area contributed by atoms with Gasteiger partial charge in [-0.25, -0.2) is 14.3 Å². The molecule has 0 spiro atoms. The lowest BCUT2D eigenvalue weighted by atomic mass is 9.98. The molecule has 3 rings (SSSR count). The van der Waals surface area contributed by atoms with Gasteiger partial charge in [-0.2, -0.15) is 5.10 Å². The van der Waals surface area contributed by atoms with Gasteiger partial charge in [0.15, 0.2) is 11.3 Å². The predicted molar refractivity (Wildman–Crippen MR) is 74.9 cm³/mol. The maximum absolute atomic E-state index is 11.1. The number of rotatable bonds is 2. The third-order valence-corrected chi connectivity index (χ3v) is 3.34. The maximum atomic E-state index is 11.1. The van der Waals surface area contributed by atoms with E-state index in [-0.39, 0.29) is 5.69 Å². The van der Waals surface area contributed by atoms with Gasteiger partial charge in [-0.05, 0) is 36.6 Å². The Hall–Kier alpha value is -2.69. The van der Waals surface area contributed by atoms with Crippen molar-refractivity contribution in [2.75, 3.05) is 0 Å². The van der Waals surface area contributed by atoms with Gasteiger partial charge in [0.25, 0.3) is 0 Å². The molecule has 100 valence electrons. The van der Waals surface area contributed by atoms with Gasteiger partial charge in [0.05, 0.1) is 6.20 Å². The number of hydrogen-bond acceptors (Lipinski definition) is 3. The summed E-state index contributed by atoms with van der Waals surface area (Å²) >= 11 is 0. The quantitative estimate of drug-likeness (QED) is 0.775. The molecule has 2 aromatic heterocycles. The Balaban J connectivity index is 2.31. The Labute approximate surface area is 115 Å². The standard InChI is InChI=1S/C15H13N3O2/c1-9-4-3-5-10(2)13(9)11-8-16-18-7-6-12(15(19)20)17-14(11)18/h3-8H,1-2H3,(H,19,20). The van der Waals surface area contributed by atoms with E-state index < -0.39 is 5.97 Å². The number of aromatic nitrogens is 3. The molecule has 5 heteroatoms. The van der Waals surface area contributed by atoms with Gasteiger partial charge in [0.2, 0.25) is 0 Å². The van der Waals surface area contributed by atoms with Crippen molar-refractivity contribution in [2.24, 2.45) is 0 Å². The van der Waals surface area contributed by atoms with Crippen LogP contribution in [-0.2, 0) is 0 Å². The van der Waals surface area contributed by atoms with Crippen LogP contribution in [0.5, 0.6) is 0 Å². The number of aromatic carboxylic acids is 1. The Bertz CT molecular complexity index is 801. The first kappa shape index (κ1) is 12.3. The maximum Gasteiger partial charge on any atom is 0.354 e. The van der Waals surface area contributed by atoms with Gasteiger partial charge >= 0.3 is 5.97 Å². The van der Waals surface area contributed by atoms with Crippen LogP contribution in [0.2, 0.25) is 0 Å². The molecule has 1 N–H and O–H groups in total. The van der Waals surface area contributed by atoms with Crippen LogP contribution >= 0.6 is 0 Å². The summed E-state index contributed by atoms with van der Waals surface area (Å²) in [7, 11) is 0. The van der Waals surface area contributed by atoms with Crippen LogP contribution in [0, 0.1) is 13.8 Å². The third kappa shape index (κ3) is 1.84. The zero-order valence-electron chi connectivity index (χ0n) is 11.2. The second-order valence-electron chi connectivity index (χ2n) is 4.71. The third-order valence-electron chi connectivity index (χ3n) is 3.34. The summed E-state index contributed by atoms with van der Waals surface area (Å²) in [5, 5.41) is 13.3. The topological polar surface area (TPSA) is 67.5 Å². The van der Waals surface area contributed by atoms with Crippen molar-refractivity contribution < 1.29 is 9.90 Å². The van der Waals surface area contributed by atoms with E-state index in [4.69, 9.17) is 5.11 Å². The fourth-order valence-electron chi connectivity index (χ4n) is 2.40. The molecule has 0 aliphatic carbocycles. The lowest BCUT2D eigenvalue weighted by Crippen LogP contribution is -2.02. The summed E-state index contributed by atoms with van der Waals surface area (Å²) in [4.78, 5) is 15.3. The van der Waals surface area contributed by atoms with E-state index >= 15 is 0 Å². The number of benzene rings is 1. The van der Waals surface area contributed by atoms with Gasteiger partial charge in [-0.15, -0.1) is 0 Å². The molecular weight excluding hydrogens is 254 g/mol. The van der Waals surface area contributed by atoms with Crippen LogP contribution in [0.1, 0.15) is 21.6 Å². The Kier molecular flexibility index (Phi) is 2.75. The summed E-state index contributed by atoms with van der Waals surface area (Å²) in [5.41, 5.74) is 4.71. The lowest BCUT2D eigenvalue weighted by Gasteiger charge is -2.07. The van der Waals surface area contributed by atoms with E-state index in [1.807, 2.05) is 32.0 Å². The average Bonchev–Trinajstić information content (AvgIpc) is 2.81. The smallest absolute Gasteiger partial charge is 0.354 e. The van der Waals surface area contributed by atoms with Crippen molar-refractivity contribution >= 4 is 11.6 Å². The molecule has 0 bridgehead atoms. The fraction of sp³-hybridized carbons (Fsp3) is 0.133. The van der Waals surface area contributed by atoms with E-state index in [0.29, 0.717) is 5.65 Å². The van der Waals surface area contributed by atoms with Crippen molar-refractivity contribution in [3.05, 3.63) is 53.5 Å². The predicted octanol–water partition coefficient (Wildman–Crippen LogP) is 2.71. The highest BCUT2D eigenvalue weighted by Crippen LogP contribution is 2.29. The largest absolute Gasteiger partial charge is 0.477 e. The molecule has 0 radical (unpaired) electrons. The van der Waals surface area contributed by atoms with E-state index in [0.717, 1.165) is 22.3 Å². The van der Waals surface area contributed by atoms with Crippen LogP contribution in [0.25, 0.3) is 16.8 Å². The molecule has 0 aliphatic rings. The first-order valence-electron chi connectivity index (χ1n) is 6.22. The monoisotopic (exact) mass is 267 g/mol. The van der Waals surface area contributed by atoms with E-state index in [1.165, 1.54) is 6.07 Å². The van der Waals surface area contributed by atoms with Crippen molar-refractivity contribution in [1.82, 2.24) is 14.6 Å². The number of fused-ring (bicyclic) bond motifs is 1. The van der Waals surface area contributed by atoms with E-state index in [2.05, 4.69) is 10.1 Å². The molecule has 2 heterocycles. The van der Waals surface area contributed by atoms with Crippen LogP contribution in [0.4, 0.5) is 0 Å². The zero-order chi connectivity index (χ0) is 14.3. The SMILES string of the molecule is Cc1cccc(C)c1-c1cnn2ccc(C(=O)O)nc12. The normalized spacial score (nSPS) is 10.9. The summed E-state index contributed by atoms with van der Waals surface area (Å²) in [6.07, 6.45) is 3.34. The summed E-state index contributed by atoms with van der Waals surface area (Å²) in [6, 6.07) is 7.48. The van der Waals surface area contributed by atoms with Gasteiger partial charge < -0.3 is 5.11 Å². The van der Waals surface area contributed by atoms with Crippen molar-refractivity contribution in [3.8, 4) is 11.1 Å². The first-order valence-corrected chi connectivity index (χ1v) is 6.22. The minimum atomic E-state index is -1.04. The van der Waals surface area contributed by atoms with E-state index in [1.54, 1.807) is 16.9 Å². The highest BCUT2D eigenvalue weighted by molar-refractivity contribution is 5.88. The summed E-state index contributed by atoms with van der Waals surface area (Å²) in [5.74, 6) is -1.04. The Morgan fingerprint density at radius 2 is 1.90 bits per heavy atom. The number of nitrogens with zero attached hydrogens (tertiary/aromatic N) is 3. The number of hydrogen-bond donors (Lipinski definition) is 1. The number of aryl methyl sites for hydroxylation is 2. The Morgan fingerprint density at radius 1 is 1.20 bits per heavy atom. The van der Waals surface area contributed by atoms with Gasteiger partial charge in [0, 0.05) is 11.8 Å². The lowest BCUT2D eigenvalue weighted by molar-refractivity contribution is 0.0690. The highest BCUT2D eigenvalue weighted by atomic mass is 16.4. The molecule has 0 unspecified atom stereocenters. The molecule has 20 heavy (non-hydrogen) atoms. The molecule has 0 fully saturated rings. The second-order valence-corrected chi connectivity index (χ2v) is 4.71. The zero-order valence-corrected chi connectivity index (χ0v) is 11.2. The summed E-state index contributed by atoms with van der Waals surface area (Å²) in [6.45, 7) is 4.04. The van der Waals surface area contributed by atoms with Gasteiger partial charge in [-0.1, -0.05) is 18.2 Å². The average molecular weight is 267 g/mol. The minimum Gasteiger partial charge on any atom is -0.477 e. The molecular formula is C15H13N3O2. The number of carboxylic acid groups (broad SMARTS) is 1. The molecule has 0 saturated heterocycles. The van der Waals surface area contributed by atoms with Crippen molar-refractivity contribution in [3.63, 3.8) is 0 Å². The Morgan fingerprint density at radius 3 is 2.55 bits per heavy atom.